The minimum atomic E-state index is -0.556. The monoisotopic (exact) mass is 246 g/mol. The number of hydrogen-bond acceptors (Lipinski definition) is 4. The summed E-state index contributed by atoms with van der Waals surface area (Å²) in [6.07, 6.45) is 1.30. The Morgan fingerprint density at radius 2 is 2.11 bits per heavy atom. The van der Waals surface area contributed by atoms with Gasteiger partial charge in [-0.25, -0.2) is 4.68 Å². The van der Waals surface area contributed by atoms with Crippen LogP contribution in [0, 0.1) is 0 Å². The maximum Gasteiger partial charge on any atom is 0.0986 e. The summed E-state index contributed by atoms with van der Waals surface area (Å²) in [7, 11) is 0. The molecule has 1 atom stereocenters. The Hall–Kier alpha value is -1.72. The molecule has 5 nitrogen and oxygen atoms in total. The fraction of sp³-hybridized carbons (Fsp3) is 0.385. The number of aliphatic hydroxyl groups excluding tert-OH is 1. The van der Waals surface area contributed by atoms with Gasteiger partial charge >= 0.3 is 0 Å². The van der Waals surface area contributed by atoms with Crippen molar-refractivity contribution in [1.82, 2.24) is 20.3 Å². The van der Waals surface area contributed by atoms with Crippen LogP contribution in [-0.4, -0.2) is 26.6 Å². The topological polar surface area (TPSA) is 63.0 Å². The standard InChI is InChI=1S/C13H18N4O/c1-2-14-8-12-9-17(16-15-12)10-13(18)11-6-4-3-5-7-11/h3-7,9,13-14,18H,2,8,10H2,1H3. The molecule has 0 bridgehead atoms. The fourth-order valence-electron chi connectivity index (χ4n) is 1.72. The largest absolute Gasteiger partial charge is 0.386 e. The number of benzene rings is 1. The van der Waals surface area contributed by atoms with Crippen molar-refractivity contribution >= 4 is 0 Å². The van der Waals surface area contributed by atoms with E-state index in [2.05, 4.69) is 15.6 Å². The summed E-state index contributed by atoms with van der Waals surface area (Å²) in [6.45, 7) is 4.07. The molecule has 0 saturated carbocycles. The van der Waals surface area contributed by atoms with E-state index in [4.69, 9.17) is 0 Å². The molecular formula is C13H18N4O. The smallest absolute Gasteiger partial charge is 0.0986 e. The van der Waals surface area contributed by atoms with Crippen LogP contribution in [0.25, 0.3) is 0 Å². The molecule has 0 fully saturated rings. The summed E-state index contributed by atoms with van der Waals surface area (Å²) in [5.41, 5.74) is 1.78. The SMILES string of the molecule is CCNCc1cn(CC(O)c2ccccc2)nn1. The molecule has 0 aliphatic carbocycles. The van der Waals surface area contributed by atoms with Crippen LogP contribution >= 0.6 is 0 Å². The first-order valence-electron chi connectivity index (χ1n) is 6.12. The maximum atomic E-state index is 10.1. The van der Waals surface area contributed by atoms with Crippen LogP contribution in [0.5, 0.6) is 0 Å². The van der Waals surface area contributed by atoms with E-state index in [1.807, 2.05) is 43.5 Å². The molecule has 2 N–H and O–H groups in total. The van der Waals surface area contributed by atoms with Gasteiger partial charge in [-0.3, -0.25) is 0 Å². The van der Waals surface area contributed by atoms with Crippen LogP contribution in [0.2, 0.25) is 0 Å². The van der Waals surface area contributed by atoms with Gasteiger partial charge in [0.15, 0.2) is 0 Å². The molecule has 0 amide bonds. The molecule has 1 heterocycles. The Balaban J connectivity index is 1.95. The van der Waals surface area contributed by atoms with Crippen LogP contribution in [-0.2, 0) is 13.1 Å². The molecule has 2 rings (SSSR count). The molecule has 96 valence electrons. The fourth-order valence-corrected chi connectivity index (χ4v) is 1.72. The highest BCUT2D eigenvalue weighted by atomic mass is 16.3. The Morgan fingerprint density at radius 1 is 1.33 bits per heavy atom. The van der Waals surface area contributed by atoms with Crippen molar-refractivity contribution in [3.8, 4) is 0 Å². The first-order valence-corrected chi connectivity index (χ1v) is 6.12. The van der Waals surface area contributed by atoms with Gasteiger partial charge in [0.05, 0.1) is 18.3 Å². The number of hydrogen-bond donors (Lipinski definition) is 2. The predicted octanol–water partition coefficient (Wildman–Crippen LogP) is 1.12. The summed E-state index contributed by atoms with van der Waals surface area (Å²) in [5, 5.41) is 21.3. The normalized spacial score (nSPS) is 12.6. The second-order valence-electron chi connectivity index (χ2n) is 4.14. The lowest BCUT2D eigenvalue weighted by Crippen LogP contribution is -2.12. The lowest BCUT2D eigenvalue weighted by atomic mass is 10.1. The van der Waals surface area contributed by atoms with Gasteiger partial charge in [-0.05, 0) is 12.1 Å². The molecule has 0 spiro atoms. The Morgan fingerprint density at radius 3 is 2.83 bits per heavy atom. The van der Waals surface area contributed by atoms with E-state index >= 15 is 0 Å². The van der Waals surface area contributed by atoms with Crippen LogP contribution in [0.4, 0.5) is 0 Å². The molecule has 0 aliphatic heterocycles. The molecule has 1 aromatic carbocycles. The van der Waals surface area contributed by atoms with E-state index < -0.39 is 6.10 Å². The number of aliphatic hydroxyl groups is 1. The summed E-state index contributed by atoms with van der Waals surface area (Å²) < 4.78 is 1.67. The zero-order valence-corrected chi connectivity index (χ0v) is 10.5. The quantitative estimate of drug-likeness (QED) is 0.802. The first-order chi connectivity index (χ1) is 8.79. The van der Waals surface area contributed by atoms with Gasteiger partial charge in [-0.2, -0.15) is 0 Å². The van der Waals surface area contributed by atoms with Gasteiger partial charge in [0.25, 0.3) is 0 Å². The van der Waals surface area contributed by atoms with Crippen molar-refractivity contribution in [3.05, 3.63) is 47.8 Å². The van der Waals surface area contributed by atoms with Gasteiger partial charge < -0.3 is 10.4 Å². The Kier molecular flexibility index (Phi) is 4.44. The molecule has 0 saturated heterocycles. The van der Waals surface area contributed by atoms with E-state index in [-0.39, 0.29) is 0 Å². The van der Waals surface area contributed by atoms with Crippen molar-refractivity contribution in [2.24, 2.45) is 0 Å². The Bertz CT molecular complexity index is 469. The third-order valence-corrected chi connectivity index (χ3v) is 2.69. The van der Waals surface area contributed by atoms with Crippen molar-refractivity contribution < 1.29 is 5.11 Å². The summed E-state index contributed by atoms with van der Waals surface area (Å²) in [4.78, 5) is 0. The molecule has 0 radical (unpaired) electrons. The van der Waals surface area contributed by atoms with Crippen molar-refractivity contribution in [1.29, 1.82) is 0 Å². The van der Waals surface area contributed by atoms with Crippen molar-refractivity contribution in [2.45, 2.75) is 26.1 Å². The Labute approximate surface area is 106 Å². The van der Waals surface area contributed by atoms with Crippen LogP contribution in [0.3, 0.4) is 0 Å². The lowest BCUT2D eigenvalue weighted by molar-refractivity contribution is 0.150. The van der Waals surface area contributed by atoms with Crippen LogP contribution < -0.4 is 5.32 Å². The minimum Gasteiger partial charge on any atom is -0.386 e. The van der Waals surface area contributed by atoms with Crippen molar-refractivity contribution in [2.75, 3.05) is 6.54 Å². The van der Waals surface area contributed by atoms with Crippen LogP contribution in [0.15, 0.2) is 36.5 Å². The van der Waals surface area contributed by atoms with Gasteiger partial charge in [0.1, 0.15) is 0 Å². The number of aromatic nitrogens is 3. The van der Waals surface area contributed by atoms with Gasteiger partial charge in [0.2, 0.25) is 0 Å². The van der Waals surface area contributed by atoms with E-state index in [0.717, 1.165) is 17.8 Å². The predicted molar refractivity (Wildman–Crippen MR) is 68.8 cm³/mol. The summed E-state index contributed by atoms with van der Waals surface area (Å²) in [6, 6.07) is 9.56. The van der Waals surface area contributed by atoms with E-state index in [1.165, 1.54) is 0 Å². The molecule has 5 heteroatoms. The van der Waals surface area contributed by atoms with E-state index in [1.54, 1.807) is 4.68 Å². The maximum absolute atomic E-state index is 10.1. The molecule has 1 unspecified atom stereocenters. The molecule has 18 heavy (non-hydrogen) atoms. The average molecular weight is 246 g/mol. The number of rotatable bonds is 6. The highest BCUT2D eigenvalue weighted by Crippen LogP contribution is 2.13. The highest BCUT2D eigenvalue weighted by Gasteiger charge is 2.09. The van der Waals surface area contributed by atoms with Crippen molar-refractivity contribution in [3.63, 3.8) is 0 Å². The summed E-state index contributed by atoms with van der Waals surface area (Å²) in [5.74, 6) is 0. The zero-order chi connectivity index (χ0) is 12.8. The second kappa shape index (κ2) is 6.28. The molecule has 1 aromatic heterocycles. The molecular weight excluding hydrogens is 228 g/mol. The van der Waals surface area contributed by atoms with Gasteiger partial charge in [0, 0.05) is 12.7 Å². The highest BCUT2D eigenvalue weighted by molar-refractivity contribution is 5.17. The zero-order valence-electron chi connectivity index (χ0n) is 10.5. The van der Waals surface area contributed by atoms with Gasteiger partial charge in [-0.1, -0.05) is 42.5 Å². The number of nitrogens with zero attached hydrogens (tertiary/aromatic N) is 3. The third-order valence-electron chi connectivity index (χ3n) is 2.69. The first kappa shape index (κ1) is 12.7. The lowest BCUT2D eigenvalue weighted by Gasteiger charge is -2.09. The molecule has 0 aliphatic rings. The second-order valence-corrected chi connectivity index (χ2v) is 4.14. The third kappa shape index (κ3) is 3.38. The van der Waals surface area contributed by atoms with E-state index in [0.29, 0.717) is 13.1 Å². The minimum absolute atomic E-state index is 0.420. The van der Waals surface area contributed by atoms with E-state index in [9.17, 15) is 5.11 Å². The van der Waals surface area contributed by atoms with Crippen LogP contribution in [0.1, 0.15) is 24.3 Å². The number of nitrogens with one attached hydrogen (secondary N) is 1. The van der Waals surface area contributed by atoms with Gasteiger partial charge in [-0.15, -0.1) is 5.10 Å². The summed E-state index contributed by atoms with van der Waals surface area (Å²) >= 11 is 0. The average Bonchev–Trinajstić information content (AvgIpc) is 2.85. The molecule has 2 aromatic rings.